The Morgan fingerprint density at radius 3 is 2.27 bits per heavy atom. The fraction of sp³-hybridized carbons (Fsp3) is 0.280. The highest BCUT2D eigenvalue weighted by atomic mass is 32.1. The van der Waals surface area contributed by atoms with Gasteiger partial charge in [0, 0.05) is 11.3 Å². The summed E-state index contributed by atoms with van der Waals surface area (Å²) >= 11 is 1.58. The summed E-state index contributed by atoms with van der Waals surface area (Å²) in [5.41, 5.74) is 2.18. The first-order valence-electron chi connectivity index (χ1n) is 10.3. The number of hydrogen-bond acceptors (Lipinski definition) is 3. The Kier molecular flexibility index (Phi) is 7.80. The molecule has 0 atom stereocenters. The van der Waals surface area contributed by atoms with Gasteiger partial charge in [-0.2, -0.15) is 0 Å². The van der Waals surface area contributed by atoms with Gasteiger partial charge in [-0.15, -0.1) is 11.3 Å². The second-order valence-corrected chi connectivity index (χ2v) is 8.74. The molecule has 3 rings (SSSR count). The zero-order valence-corrected chi connectivity index (χ0v) is 18.3. The first-order valence-corrected chi connectivity index (χ1v) is 11.1. The average Bonchev–Trinajstić information content (AvgIpc) is 3.25. The van der Waals surface area contributed by atoms with Crippen LogP contribution in [0.5, 0.6) is 0 Å². The molecule has 0 saturated heterocycles. The van der Waals surface area contributed by atoms with E-state index in [1.165, 1.54) is 0 Å². The van der Waals surface area contributed by atoms with Crippen LogP contribution >= 0.6 is 11.3 Å². The number of carbonyl (C=O) groups is 2. The molecule has 0 fully saturated rings. The predicted octanol–water partition coefficient (Wildman–Crippen LogP) is 5.50. The highest BCUT2D eigenvalue weighted by Gasteiger charge is 2.19. The summed E-state index contributed by atoms with van der Waals surface area (Å²) in [4.78, 5) is 28.0. The molecule has 1 aromatic heterocycles. The molecule has 0 aliphatic carbocycles. The summed E-state index contributed by atoms with van der Waals surface area (Å²) in [5, 5.41) is 3.66. The predicted molar refractivity (Wildman–Crippen MR) is 124 cm³/mol. The average molecular weight is 421 g/mol. The van der Waals surface area contributed by atoms with E-state index < -0.39 is 0 Å². The van der Waals surface area contributed by atoms with Crippen LogP contribution in [0, 0.1) is 5.92 Å². The maximum absolute atomic E-state index is 13.1. The monoisotopic (exact) mass is 420 g/mol. The molecule has 0 aliphatic heterocycles. The minimum Gasteiger partial charge on any atom is -0.347 e. The van der Waals surface area contributed by atoms with Gasteiger partial charge in [0.05, 0.1) is 18.1 Å². The van der Waals surface area contributed by atoms with Gasteiger partial charge < -0.3 is 5.32 Å². The topological polar surface area (TPSA) is 49.4 Å². The van der Waals surface area contributed by atoms with Gasteiger partial charge in [-0.3, -0.25) is 14.5 Å². The number of amides is 2. The van der Waals surface area contributed by atoms with Gasteiger partial charge in [-0.25, -0.2) is 0 Å². The van der Waals surface area contributed by atoms with Crippen molar-refractivity contribution in [2.24, 2.45) is 5.92 Å². The van der Waals surface area contributed by atoms with Crippen molar-refractivity contribution >= 4 is 28.2 Å². The van der Waals surface area contributed by atoms with E-state index in [1.807, 2.05) is 60.7 Å². The standard InChI is InChI=1S/C25H28N2O2S/c1-19(2)13-15-23(28)26-17-24(29)27(18-20-9-5-3-6-10-20)25-16-14-22(30-25)21-11-7-4-8-12-21/h3-12,14,16,19H,13,15,17-18H2,1-2H3,(H,26,28). The fourth-order valence-corrected chi connectivity index (χ4v) is 4.09. The van der Waals surface area contributed by atoms with Gasteiger partial charge in [0.15, 0.2) is 0 Å². The molecule has 0 spiro atoms. The lowest BCUT2D eigenvalue weighted by molar-refractivity contribution is -0.125. The molecule has 2 aromatic carbocycles. The number of rotatable bonds is 9. The van der Waals surface area contributed by atoms with Gasteiger partial charge >= 0.3 is 0 Å². The minimum absolute atomic E-state index is 0.00231. The van der Waals surface area contributed by atoms with E-state index in [4.69, 9.17) is 0 Å². The lowest BCUT2D eigenvalue weighted by Gasteiger charge is -2.21. The van der Waals surface area contributed by atoms with Crippen LogP contribution in [0.4, 0.5) is 5.00 Å². The quantitative estimate of drug-likeness (QED) is 0.497. The Morgan fingerprint density at radius 1 is 0.933 bits per heavy atom. The third kappa shape index (κ3) is 6.29. The van der Waals surface area contributed by atoms with Gasteiger partial charge in [0.25, 0.3) is 0 Å². The van der Waals surface area contributed by atoms with E-state index in [0.717, 1.165) is 27.4 Å². The number of carbonyl (C=O) groups excluding carboxylic acids is 2. The molecule has 0 radical (unpaired) electrons. The molecule has 1 N–H and O–H groups in total. The van der Waals surface area contributed by atoms with Crippen LogP contribution in [0.15, 0.2) is 72.8 Å². The molecule has 0 saturated carbocycles. The highest BCUT2D eigenvalue weighted by Crippen LogP contribution is 2.34. The van der Waals surface area contributed by atoms with E-state index in [1.54, 1.807) is 16.2 Å². The van der Waals surface area contributed by atoms with Gasteiger partial charge in [0.2, 0.25) is 11.8 Å². The normalized spacial score (nSPS) is 10.8. The van der Waals surface area contributed by atoms with Gasteiger partial charge in [-0.05, 0) is 35.6 Å². The van der Waals surface area contributed by atoms with Crippen LogP contribution < -0.4 is 10.2 Å². The van der Waals surface area contributed by atoms with E-state index in [0.29, 0.717) is 18.9 Å². The van der Waals surface area contributed by atoms with E-state index in [9.17, 15) is 9.59 Å². The summed E-state index contributed by atoms with van der Waals surface area (Å²) in [6.07, 6.45) is 1.26. The summed E-state index contributed by atoms with van der Waals surface area (Å²) in [5.74, 6) is 0.273. The SMILES string of the molecule is CC(C)CCC(=O)NCC(=O)N(Cc1ccccc1)c1ccc(-c2ccccc2)s1. The van der Waals surface area contributed by atoms with Crippen LogP contribution in [-0.4, -0.2) is 18.4 Å². The Hall–Kier alpha value is -2.92. The molecule has 4 nitrogen and oxygen atoms in total. The Bertz CT molecular complexity index is 952. The zero-order chi connectivity index (χ0) is 21.3. The van der Waals surface area contributed by atoms with Crippen LogP contribution in [-0.2, 0) is 16.1 Å². The lowest BCUT2D eigenvalue weighted by atomic mass is 10.1. The van der Waals surface area contributed by atoms with E-state index >= 15 is 0 Å². The van der Waals surface area contributed by atoms with Crippen molar-refractivity contribution in [2.75, 3.05) is 11.4 Å². The number of thiophene rings is 1. The summed E-state index contributed by atoms with van der Waals surface area (Å²) in [6.45, 7) is 4.64. The van der Waals surface area contributed by atoms with Gasteiger partial charge in [-0.1, -0.05) is 74.5 Å². The smallest absolute Gasteiger partial charge is 0.247 e. The summed E-state index contributed by atoms with van der Waals surface area (Å²) in [6, 6.07) is 24.1. The van der Waals surface area contributed by atoms with Crippen LogP contribution in [0.2, 0.25) is 0 Å². The van der Waals surface area contributed by atoms with Crippen molar-refractivity contribution in [2.45, 2.75) is 33.2 Å². The minimum atomic E-state index is -0.113. The van der Waals surface area contributed by atoms with E-state index in [2.05, 4.69) is 31.3 Å². The molecule has 1 heterocycles. The molecule has 0 unspecified atom stereocenters. The van der Waals surface area contributed by atoms with Crippen molar-refractivity contribution in [3.05, 3.63) is 78.4 Å². The van der Waals surface area contributed by atoms with Crippen molar-refractivity contribution in [3.8, 4) is 10.4 Å². The van der Waals surface area contributed by atoms with Gasteiger partial charge in [0.1, 0.15) is 0 Å². The number of nitrogens with zero attached hydrogens (tertiary/aromatic N) is 1. The molecule has 0 bridgehead atoms. The number of nitrogens with one attached hydrogen (secondary N) is 1. The summed E-state index contributed by atoms with van der Waals surface area (Å²) in [7, 11) is 0. The second-order valence-electron chi connectivity index (χ2n) is 7.68. The highest BCUT2D eigenvalue weighted by molar-refractivity contribution is 7.19. The Balaban J connectivity index is 1.74. The number of anilines is 1. The second kappa shape index (κ2) is 10.7. The maximum Gasteiger partial charge on any atom is 0.247 e. The Labute approximate surface area is 182 Å². The van der Waals surface area contributed by atoms with Crippen LogP contribution in [0.3, 0.4) is 0 Å². The Morgan fingerprint density at radius 2 is 1.60 bits per heavy atom. The molecule has 3 aromatic rings. The van der Waals surface area contributed by atoms with Crippen molar-refractivity contribution in [3.63, 3.8) is 0 Å². The van der Waals surface area contributed by atoms with Crippen molar-refractivity contribution in [1.82, 2.24) is 5.32 Å². The molecule has 30 heavy (non-hydrogen) atoms. The van der Waals surface area contributed by atoms with E-state index in [-0.39, 0.29) is 18.4 Å². The maximum atomic E-state index is 13.1. The molecule has 156 valence electrons. The van der Waals surface area contributed by atoms with Crippen LogP contribution in [0.1, 0.15) is 32.3 Å². The first-order chi connectivity index (χ1) is 14.5. The molecule has 5 heteroatoms. The summed E-state index contributed by atoms with van der Waals surface area (Å²) < 4.78 is 0. The molecule has 0 aliphatic rings. The fourth-order valence-electron chi connectivity index (χ4n) is 3.06. The zero-order valence-electron chi connectivity index (χ0n) is 17.5. The lowest BCUT2D eigenvalue weighted by Crippen LogP contribution is -2.39. The third-order valence-electron chi connectivity index (χ3n) is 4.79. The molecular formula is C25H28N2O2S. The molecule has 2 amide bonds. The third-order valence-corrected chi connectivity index (χ3v) is 5.94. The van der Waals surface area contributed by atoms with Crippen molar-refractivity contribution < 1.29 is 9.59 Å². The van der Waals surface area contributed by atoms with Crippen molar-refractivity contribution in [1.29, 1.82) is 0 Å². The number of benzene rings is 2. The first kappa shape index (κ1) is 21.8. The number of hydrogen-bond donors (Lipinski definition) is 1. The largest absolute Gasteiger partial charge is 0.347 e. The molecular weight excluding hydrogens is 392 g/mol. The van der Waals surface area contributed by atoms with Crippen LogP contribution in [0.25, 0.3) is 10.4 Å².